The molecule has 4 heterocycles. The van der Waals surface area contributed by atoms with Crippen molar-refractivity contribution in [1.82, 2.24) is 20.2 Å². The molecule has 4 N–H and O–H groups in total. The number of aromatic amines is 1. The van der Waals surface area contributed by atoms with Crippen LogP contribution in [-0.2, 0) is 14.3 Å². The van der Waals surface area contributed by atoms with Crippen molar-refractivity contribution >= 4 is 17.6 Å². The Kier molecular flexibility index (Phi) is 7.74. The molecular formula is C29H30N4O6. The summed E-state index contributed by atoms with van der Waals surface area (Å²) in [6.45, 7) is 1.51. The molecule has 10 heteroatoms. The van der Waals surface area contributed by atoms with Crippen LogP contribution in [-0.4, -0.2) is 63.3 Å². The first kappa shape index (κ1) is 26.2. The highest BCUT2D eigenvalue weighted by Gasteiger charge is 2.40. The van der Waals surface area contributed by atoms with Gasteiger partial charge < -0.3 is 30.2 Å². The summed E-state index contributed by atoms with van der Waals surface area (Å²) < 4.78 is 5.53. The number of hydrogen-bond donors (Lipinski definition) is 4. The van der Waals surface area contributed by atoms with Gasteiger partial charge in [0.25, 0.3) is 11.5 Å². The number of pyridine rings is 2. The van der Waals surface area contributed by atoms with Crippen molar-refractivity contribution in [3.63, 3.8) is 0 Å². The molecule has 1 amide bonds. The molecule has 1 atom stereocenters. The number of hydrogen-bond acceptors (Lipinski definition) is 7. The fourth-order valence-electron chi connectivity index (χ4n) is 5.23. The molecule has 1 saturated heterocycles. The van der Waals surface area contributed by atoms with Gasteiger partial charge in [-0.1, -0.05) is 36.4 Å². The molecule has 5 rings (SSSR count). The van der Waals surface area contributed by atoms with Crippen molar-refractivity contribution in [3.8, 4) is 11.1 Å². The number of H-pyrrole nitrogens is 1. The first-order valence-electron chi connectivity index (χ1n) is 12.9. The van der Waals surface area contributed by atoms with Gasteiger partial charge in [-0.3, -0.25) is 19.4 Å². The van der Waals surface area contributed by atoms with Gasteiger partial charge in [-0.05, 0) is 42.0 Å². The second-order valence-corrected chi connectivity index (χ2v) is 9.70. The summed E-state index contributed by atoms with van der Waals surface area (Å²) in [6, 6.07) is 13.7. The van der Waals surface area contributed by atoms with Crippen molar-refractivity contribution in [2.45, 2.75) is 25.3 Å². The lowest BCUT2D eigenvalue weighted by molar-refractivity contribution is -0.136. The fourth-order valence-corrected chi connectivity index (χ4v) is 5.23. The average Bonchev–Trinajstić information content (AvgIpc) is 2.94. The van der Waals surface area contributed by atoms with E-state index < -0.39 is 17.9 Å². The number of fused-ring (bicyclic) bond motifs is 1. The van der Waals surface area contributed by atoms with Crippen LogP contribution < -0.4 is 10.9 Å². The molecule has 0 aliphatic carbocycles. The van der Waals surface area contributed by atoms with E-state index in [0.717, 1.165) is 18.4 Å². The van der Waals surface area contributed by atoms with Gasteiger partial charge in [0, 0.05) is 49.8 Å². The number of benzene rings is 1. The summed E-state index contributed by atoms with van der Waals surface area (Å²) >= 11 is 0. The van der Waals surface area contributed by atoms with Crippen molar-refractivity contribution in [3.05, 3.63) is 93.8 Å². The Morgan fingerprint density at radius 3 is 2.56 bits per heavy atom. The second-order valence-electron chi connectivity index (χ2n) is 9.70. The number of carbonyl (C=O) groups is 2. The molecule has 1 unspecified atom stereocenters. The zero-order valence-electron chi connectivity index (χ0n) is 21.3. The van der Waals surface area contributed by atoms with Gasteiger partial charge in [-0.25, -0.2) is 0 Å². The fraction of sp³-hybridized carbons (Fsp3) is 0.310. The van der Waals surface area contributed by atoms with E-state index >= 15 is 0 Å². The molecule has 0 spiro atoms. The van der Waals surface area contributed by atoms with Crippen LogP contribution in [0.25, 0.3) is 16.9 Å². The average molecular weight is 531 g/mol. The van der Waals surface area contributed by atoms with E-state index in [-0.39, 0.29) is 35.9 Å². The summed E-state index contributed by atoms with van der Waals surface area (Å²) in [7, 11) is 0. The zero-order chi connectivity index (χ0) is 27.4. The highest BCUT2D eigenvalue weighted by molar-refractivity contribution is 6.00. The lowest BCUT2D eigenvalue weighted by Gasteiger charge is -2.41. The number of amides is 1. The number of carboxylic acids is 1. The number of aliphatic hydroxyl groups is 1. The van der Waals surface area contributed by atoms with E-state index in [2.05, 4.69) is 15.3 Å². The number of aliphatic hydroxyl groups excluding tert-OH is 1. The molecule has 2 aromatic heterocycles. The molecule has 202 valence electrons. The first-order valence-corrected chi connectivity index (χ1v) is 12.9. The van der Waals surface area contributed by atoms with Crippen LogP contribution in [0, 0.1) is 5.92 Å². The smallest absolute Gasteiger partial charge is 0.305 e. The second kappa shape index (κ2) is 11.5. The number of nitrogens with zero attached hydrogens (tertiary/aromatic N) is 2. The van der Waals surface area contributed by atoms with Crippen LogP contribution in [0.15, 0.2) is 71.4 Å². The summed E-state index contributed by atoms with van der Waals surface area (Å²) in [5.74, 6) is -1.74. The molecule has 2 aliphatic heterocycles. The van der Waals surface area contributed by atoms with E-state index in [1.807, 2.05) is 24.3 Å². The molecule has 10 nitrogen and oxygen atoms in total. The number of rotatable bonds is 8. The van der Waals surface area contributed by atoms with Gasteiger partial charge in [0.05, 0.1) is 18.2 Å². The molecule has 1 fully saturated rings. The molecule has 0 bridgehead atoms. The highest BCUT2D eigenvalue weighted by atomic mass is 16.5. The van der Waals surface area contributed by atoms with Crippen LogP contribution >= 0.6 is 0 Å². The third-order valence-corrected chi connectivity index (χ3v) is 7.14. The normalized spacial score (nSPS) is 17.5. The Morgan fingerprint density at radius 1 is 1.10 bits per heavy atom. The first-order chi connectivity index (χ1) is 18.9. The Morgan fingerprint density at radius 2 is 1.87 bits per heavy atom. The third kappa shape index (κ3) is 5.56. The van der Waals surface area contributed by atoms with Crippen LogP contribution in [0.2, 0.25) is 0 Å². The number of aromatic nitrogens is 2. The van der Waals surface area contributed by atoms with E-state index in [4.69, 9.17) is 9.84 Å². The molecule has 2 aliphatic rings. The predicted octanol–water partition coefficient (Wildman–Crippen LogP) is 3.09. The molecule has 0 radical (unpaired) electrons. The van der Waals surface area contributed by atoms with Gasteiger partial charge in [-0.2, -0.15) is 0 Å². The molecular weight excluding hydrogens is 500 g/mol. The molecule has 3 aromatic rings. The SMILES string of the molecule is O=C(O)CCNC(=O)C1=C(O)c2cc(-c3ccccc3)c(=O)[nH]c2C(c2cccnc2)N1CC1CCOCC1. The number of ether oxygens (including phenoxy) is 1. The Balaban J connectivity index is 1.68. The number of aliphatic carboxylic acids is 1. The Labute approximate surface area is 225 Å². The Bertz CT molecular complexity index is 1430. The van der Waals surface area contributed by atoms with Crippen LogP contribution in [0.1, 0.15) is 42.1 Å². The van der Waals surface area contributed by atoms with Crippen LogP contribution in [0.5, 0.6) is 0 Å². The van der Waals surface area contributed by atoms with Crippen molar-refractivity contribution in [2.24, 2.45) is 5.92 Å². The standard InChI is InChI=1S/C29H30N4O6/c34-23(35)8-12-31-29(38)26-27(36)22-15-21(19-5-2-1-3-6-19)28(37)32-24(22)25(20-7-4-11-30-16-20)33(26)17-18-9-13-39-14-10-18/h1-7,11,15-16,18,25,36H,8-10,12-14,17H2,(H,31,38)(H,32,37)(H,34,35). The lowest BCUT2D eigenvalue weighted by atomic mass is 9.88. The summed E-state index contributed by atoms with van der Waals surface area (Å²) in [6.07, 6.45) is 4.62. The zero-order valence-corrected chi connectivity index (χ0v) is 21.3. The molecule has 39 heavy (non-hydrogen) atoms. The van der Waals surface area contributed by atoms with Gasteiger partial charge in [-0.15, -0.1) is 0 Å². The number of nitrogens with one attached hydrogen (secondary N) is 2. The minimum absolute atomic E-state index is 0.0271. The minimum Gasteiger partial charge on any atom is -0.505 e. The monoisotopic (exact) mass is 530 g/mol. The van der Waals surface area contributed by atoms with E-state index in [1.54, 1.807) is 41.6 Å². The van der Waals surface area contributed by atoms with Gasteiger partial charge in [0.1, 0.15) is 5.70 Å². The predicted molar refractivity (Wildman–Crippen MR) is 144 cm³/mol. The van der Waals surface area contributed by atoms with Crippen molar-refractivity contribution in [2.75, 3.05) is 26.3 Å². The topological polar surface area (TPSA) is 145 Å². The summed E-state index contributed by atoms with van der Waals surface area (Å²) in [4.78, 5) is 47.1. The maximum Gasteiger partial charge on any atom is 0.305 e. The van der Waals surface area contributed by atoms with Crippen molar-refractivity contribution in [1.29, 1.82) is 0 Å². The van der Waals surface area contributed by atoms with Gasteiger partial charge in [0.2, 0.25) is 0 Å². The van der Waals surface area contributed by atoms with Crippen molar-refractivity contribution < 1.29 is 24.5 Å². The van der Waals surface area contributed by atoms with Crippen LogP contribution in [0.4, 0.5) is 0 Å². The maximum absolute atomic E-state index is 13.6. The highest BCUT2D eigenvalue weighted by Crippen LogP contribution is 2.42. The minimum atomic E-state index is -1.04. The maximum atomic E-state index is 13.6. The number of carboxylic acid groups (broad SMARTS) is 1. The number of carbonyl (C=O) groups excluding carboxylic acids is 1. The van der Waals surface area contributed by atoms with Crippen LogP contribution in [0.3, 0.4) is 0 Å². The third-order valence-electron chi connectivity index (χ3n) is 7.14. The van der Waals surface area contributed by atoms with Gasteiger partial charge >= 0.3 is 5.97 Å². The van der Waals surface area contributed by atoms with E-state index in [0.29, 0.717) is 42.1 Å². The largest absolute Gasteiger partial charge is 0.505 e. The lowest BCUT2D eigenvalue weighted by Crippen LogP contribution is -2.45. The quantitative estimate of drug-likeness (QED) is 0.348. The summed E-state index contributed by atoms with van der Waals surface area (Å²) in [5, 5.41) is 23.3. The van der Waals surface area contributed by atoms with E-state index in [9.17, 15) is 19.5 Å². The van der Waals surface area contributed by atoms with E-state index in [1.165, 1.54) is 0 Å². The molecule has 1 aromatic carbocycles. The Hall–Kier alpha value is -4.44. The molecule has 0 saturated carbocycles. The summed E-state index contributed by atoms with van der Waals surface area (Å²) in [5.41, 5.74) is 2.26. The van der Waals surface area contributed by atoms with Gasteiger partial charge in [0.15, 0.2) is 5.76 Å².